The molecule has 4 saturated carbocycles. The Morgan fingerprint density at radius 1 is 1.17 bits per heavy atom. The second kappa shape index (κ2) is 3.83. The third-order valence-electron chi connectivity index (χ3n) is 5.44. The molecule has 18 heavy (non-hydrogen) atoms. The largest absolute Gasteiger partial charge is 0.448 e. The lowest BCUT2D eigenvalue weighted by atomic mass is 9.49. The molecule has 0 radical (unpaired) electrons. The highest BCUT2D eigenvalue weighted by molar-refractivity contribution is 5.16. The predicted molar refractivity (Wildman–Crippen MR) is 69.1 cm³/mol. The summed E-state index contributed by atoms with van der Waals surface area (Å²) in [5.41, 5.74) is 6.93. The maximum atomic E-state index is 5.84. The van der Waals surface area contributed by atoms with Crippen molar-refractivity contribution in [3.63, 3.8) is 0 Å². The van der Waals surface area contributed by atoms with Crippen molar-refractivity contribution in [2.24, 2.45) is 23.5 Å². The van der Waals surface area contributed by atoms with Gasteiger partial charge in [0.05, 0.1) is 5.69 Å². The summed E-state index contributed by atoms with van der Waals surface area (Å²) in [6.07, 6.45) is 11.0. The van der Waals surface area contributed by atoms with E-state index in [4.69, 9.17) is 15.1 Å². The first kappa shape index (κ1) is 11.0. The highest BCUT2D eigenvalue weighted by Crippen LogP contribution is 2.60. The van der Waals surface area contributed by atoms with E-state index in [-0.39, 0.29) is 0 Å². The molecule has 2 N–H and O–H groups in total. The van der Waals surface area contributed by atoms with Gasteiger partial charge in [-0.25, -0.2) is 4.98 Å². The second-order valence-electron chi connectivity index (χ2n) is 6.88. The topological polar surface area (TPSA) is 52.0 Å². The minimum absolute atomic E-state index is 0.293. The van der Waals surface area contributed by atoms with Crippen LogP contribution >= 0.6 is 0 Å². The van der Waals surface area contributed by atoms with Gasteiger partial charge in [0.15, 0.2) is 5.89 Å². The van der Waals surface area contributed by atoms with E-state index < -0.39 is 0 Å². The maximum absolute atomic E-state index is 5.84. The standard InChI is InChI=1S/C15H22N2O/c16-2-1-13-9-18-14(17-13)15-6-10-3-11(7-15)5-12(4-10)8-15/h9-12H,1-8,16H2. The Kier molecular flexibility index (Phi) is 2.35. The average molecular weight is 246 g/mol. The van der Waals surface area contributed by atoms with Gasteiger partial charge in [0.2, 0.25) is 0 Å². The lowest BCUT2D eigenvalue weighted by Gasteiger charge is -2.55. The maximum Gasteiger partial charge on any atom is 0.200 e. The van der Waals surface area contributed by atoms with E-state index >= 15 is 0 Å². The molecule has 0 aliphatic heterocycles. The smallest absolute Gasteiger partial charge is 0.200 e. The van der Waals surface area contributed by atoms with Crippen molar-refractivity contribution in [1.82, 2.24) is 4.98 Å². The van der Waals surface area contributed by atoms with Crippen molar-refractivity contribution < 1.29 is 4.42 Å². The van der Waals surface area contributed by atoms with Gasteiger partial charge >= 0.3 is 0 Å². The molecule has 3 heteroatoms. The molecule has 1 heterocycles. The molecule has 0 saturated heterocycles. The van der Waals surface area contributed by atoms with E-state index in [1.165, 1.54) is 38.5 Å². The monoisotopic (exact) mass is 246 g/mol. The summed E-state index contributed by atoms with van der Waals surface area (Å²) >= 11 is 0. The highest BCUT2D eigenvalue weighted by Gasteiger charge is 2.53. The fourth-order valence-electron chi connectivity index (χ4n) is 5.19. The van der Waals surface area contributed by atoms with Crippen molar-refractivity contribution in [1.29, 1.82) is 0 Å². The van der Waals surface area contributed by atoms with Crippen molar-refractivity contribution in [3.05, 3.63) is 17.8 Å². The zero-order valence-electron chi connectivity index (χ0n) is 10.9. The van der Waals surface area contributed by atoms with Crippen LogP contribution in [0.4, 0.5) is 0 Å². The highest BCUT2D eigenvalue weighted by atomic mass is 16.3. The van der Waals surface area contributed by atoms with Gasteiger partial charge in [-0.15, -0.1) is 0 Å². The van der Waals surface area contributed by atoms with E-state index in [9.17, 15) is 0 Å². The number of hydrogen-bond donors (Lipinski definition) is 1. The van der Waals surface area contributed by atoms with Gasteiger partial charge in [-0.05, 0) is 62.8 Å². The molecule has 4 bridgehead atoms. The van der Waals surface area contributed by atoms with Crippen LogP contribution in [0.2, 0.25) is 0 Å². The Labute approximate surface area is 108 Å². The molecule has 0 aromatic carbocycles. The Balaban J connectivity index is 1.66. The van der Waals surface area contributed by atoms with Crippen LogP contribution in [0.5, 0.6) is 0 Å². The first-order chi connectivity index (χ1) is 8.77. The molecular weight excluding hydrogens is 224 g/mol. The van der Waals surface area contributed by atoms with Gasteiger partial charge in [0, 0.05) is 11.8 Å². The van der Waals surface area contributed by atoms with Crippen LogP contribution < -0.4 is 5.73 Å². The fraction of sp³-hybridized carbons (Fsp3) is 0.800. The van der Waals surface area contributed by atoms with Gasteiger partial charge in [-0.3, -0.25) is 0 Å². The lowest BCUT2D eigenvalue weighted by Crippen LogP contribution is -2.48. The second-order valence-corrected chi connectivity index (χ2v) is 6.88. The first-order valence-corrected chi connectivity index (χ1v) is 7.42. The summed E-state index contributed by atoms with van der Waals surface area (Å²) in [5, 5.41) is 0. The zero-order valence-corrected chi connectivity index (χ0v) is 10.9. The lowest BCUT2D eigenvalue weighted by molar-refractivity contribution is -0.0177. The number of nitrogens with two attached hydrogens (primary N) is 1. The number of nitrogens with zero attached hydrogens (tertiary/aromatic N) is 1. The van der Waals surface area contributed by atoms with Crippen LogP contribution in [0, 0.1) is 17.8 Å². The molecule has 0 unspecified atom stereocenters. The first-order valence-electron chi connectivity index (χ1n) is 7.42. The molecule has 1 aromatic heterocycles. The van der Waals surface area contributed by atoms with Gasteiger partial charge in [-0.1, -0.05) is 0 Å². The van der Waals surface area contributed by atoms with Gasteiger partial charge in [-0.2, -0.15) is 0 Å². The zero-order chi connectivity index (χ0) is 12.2. The molecule has 0 amide bonds. The van der Waals surface area contributed by atoms with Crippen LogP contribution in [0.15, 0.2) is 10.7 Å². The van der Waals surface area contributed by atoms with Gasteiger partial charge < -0.3 is 10.2 Å². The van der Waals surface area contributed by atoms with E-state index in [2.05, 4.69) is 0 Å². The Morgan fingerprint density at radius 3 is 2.33 bits per heavy atom. The van der Waals surface area contributed by atoms with E-state index in [0.29, 0.717) is 12.0 Å². The summed E-state index contributed by atoms with van der Waals surface area (Å²) in [4.78, 5) is 4.74. The molecule has 98 valence electrons. The average Bonchev–Trinajstić information content (AvgIpc) is 2.77. The van der Waals surface area contributed by atoms with Crippen LogP contribution in [0.3, 0.4) is 0 Å². The summed E-state index contributed by atoms with van der Waals surface area (Å²) in [7, 11) is 0. The minimum Gasteiger partial charge on any atom is -0.448 e. The molecule has 0 atom stereocenters. The number of rotatable bonds is 3. The normalized spacial score (nSPS) is 41.5. The van der Waals surface area contributed by atoms with Crippen molar-refractivity contribution in [2.75, 3.05) is 6.54 Å². The number of oxazole rings is 1. The van der Waals surface area contributed by atoms with Crippen molar-refractivity contribution >= 4 is 0 Å². The molecule has 0 spiro atoms. The quantitative estimate of drug-likeness (QED) is 0.892. The molecule has 4 fully saturated rings. The van der Waals surface area contributed by atoms with Crippen LogP contribution in [-0.4, -0.2) is 11.5 Å². The summed E-state index contributed by atoms with van der Waals surface area (Å²) < 4.78 is 5.84. The van der Waals surface area contributed by atoms with Crippen molar-refractivity contribution in [3.8, 4) is 0 Å². The van der Waals surface area contributed by atoms with Crippen molar-refractivity contribution in [2.45, 2.75) is 50.4 Å². The Hall–Kier alpha value is -0.830. The summed E-state index contributed by atoms with van der Waals surface area (Å²) in [6.45, 7) is 0.660. The summed E-state index contributed by atoms with van der Waals surface area (Å²) in [6, 6.07) is 0. The molecule has 4 aliphatic rings. The van der Waals surface area contributed by atoms with Crippen LogP contribution in [0.1, 0.15) is 50.1 Å². The van der Waals surface area contributed by atoms with Gasteiger partial charge in [0.25, 0.3) is 0 Å². The van der Waals surface area contributed by atoms with E-state index in [1.807, 2.05) is 6.26 Å². The molecule has 5 rings (SSSR count). The predicted octanol–water partition coefficient (Wildman–Crippen LogP) is 2.64. The molecular formula is C15H22N2O. The Morgan fingerprint density at radius 2 is 1.78 bits per heavy atom. The fourth-order valence-corrected chi connectivity index (χ4v) is 5.19. The Bertz CT molecular complexity index is 416. The van der Waals surface area contributed by atoms with E-state index in [1.54, 1.807) is 0 Å². The summed E-state index contributed by atoms with van der Waals surface area (Å²) in [5.74, 6) is 3.87. The number of hydrogen-bond acceptors (Lipinski definition) is 3. The molecule has 1 aromatic rings. The van der Waals surface area contributed by atoms with Gasteiger partial charge in [0.1, 0.15) is 6.26 Å². The van der Waals surface area contributed by atoms with E-state index in [0.717, 1.165) is 35.8 Å². The third kappa shape index (κ3) is 1.56. The third-order valence-corrected chi connectivity index (χ3v) is 5.44. The molecule has 3 nitrogen and oxygen atoms in total. The van der Waals surface area contributed by atoms with Crippen LogP contribution in [-0.2, 0) is 11.8 Å². The molecule has 4 aliphatic carbocycles. The number of aromatic nitrogens is 1. The van der Waals surface area contributed by atoms with Crippen LogP contribution in [0.25, 0.3) is 0 Å². The SMILES string of the molecule is NCCc1coc(C23CC4CC(CC(C4)C2)C3)n1. The minimum atomic E-state index is 0.293.